The van der Waals surface area contributed by atoms with Crippen molar-refractivity contribution in [3.63, 3.8) is 0 Å². The summed E-state index contributed by atoms with van der Waals surface area (Å²) in [5.41, 5.74) is 0. The lowest BCUT2D eigenvalue weighted by molar-refractivity contribution is -0.303. The monoisotopic (exact) mass is 1250 g/mol. The van der Waals surface area contributed by atoms with Crippen molar-refractivity contribution in [2.24, 2.45) is 0 Å². The zero-order chi connectivity index (χ0) is 64.4. The largest absolute Gasteiger partial charge is 0.463 e. The molecule has 0 spiro atoms. The van der Waals surface area contributed by atoms with Crippen LogP contribution >= 0.6 is 0 Å². The first-order valence-electron chi connectivity index (χ1n) is 37.6. The van der Waals surface area contributed by atoms with E-state index in [4.69, 9.17) is 28.4 Å². The molecule has 0 radical (unpaired) electrons. The number of unbranched alkanes of at least 4 members (excludes halogenated alkanes) is 38. The fourth-order valence-corrected chi connectivity index (χ4v) is 11.3. The number of rotatable bonds is 64. The van der Waals surface area contributed by atoms with Crippen molar-refractivity contribution in [1.29, 1.82) is 0 Å². The molecule has 1 rings (SSSR count). The van der Waals surface area contributed by atoms with Gasteiger partial charge in [0.05, 0.1) is 0 Å². The smallest absolute Gasteiger partial charge is 0.306 e. The highest BCUT2D eigenvalue weighted by atomic mass is 16.7. The van der Waals surface area contributed by atoms with Gasteiger partial charge >= 0.3 is 23.9 Å². The van der Waals surface area contributed by atoms with Crippen LogP contribution in [0.2, 0.25) is 0 Å². The number of esters is 4. The Labute approximate surface area is 547 Å². The summed E-state index contributed by atoms with van der Waals surface area (Å²) in [6.45, 7) is 8.73. The molecule has 1 heterocycles. The van der Waals surface area contributed by atoms with Gasteiger partial charge in [-0.25, -0.2) is 0 Å². The van der Waals surface area contributed by atoms with Gasteiger partial charge in [-0.3, -0.25) is 19.2 Å². The summed E-state index contributed by atoms with van der Waals surface area (Å²) in [4.78, 5) is 55.0. The Kier molecular flexibility index (Phi) is 61.5. The van der Waals surface area contributed by atoms with Crippen LogP contribution in [-0.4, -0.2) is 68.3 Å². The summed E-state index contributed by atoms with van der Waals surface area (Å²) < 4.78 is 36.9. The number of ether oxygens (including phenoxy) is 6. The maximum Gasteiger partial charge on any atom is 0.306 e. The quantitative estimate of drug-likeness (QED) is 0.0252. The molecular weight excluding hydrogens is 1110 g/mol. The molecule has 0 aromatic heterocycles. The maximum absolute atomic E-state index is 14.0. The third kappa shape index (κ3) is 53.5. The Bertz CT molecular complexity index is 1800. The molecule has 89 heavy (non-hydrogen) atoms. The van der Waals surface area contributed by atoms with Crippen LogP contribution in [0.15, 0.2) is 72.9 Å². The third-order valence-electron chi connectivity index (χ3n) is 17.0. The molecule has 1 unspecified atom stereocenters. The molecule has 0 aromatic rings. The average Bonchev–Trinajstić information content (AvgIpc) is 2.15. The summed E-state index contributed by atoms with van der Waals surface area (Å²) in [7, 11) is 1.45. The number of hydrogen-bond donors (Lipinski definition) is 0. The predicted octanol–water partition coefficient (Wildman–Crippen LogP) is 23.3. The van der Waals surface area contributed by atoms with Crippen LogP contribution in [0.4, 0.5) is 0 Å². The van der Waals surface area contributed by atoms with Crippen molar-refractivity contribution >= 4 is 23.9 Å². The van der Waals surface area contributed by atoms with Gasteiger partial charge in [0.25, 0.3) is 0 Å². The molecule has 1 aliphatic rings. The topological polar surface area (TPSA) is 124 Å². The Morgan fingerprint density at radius 2 is 0.539 bits per heavy atom. The summed E-state index contributed by atoms with van der Waals surface area (Å²) in [5.74, 6) is -1.79. The molecule has 1 fully saturated rings. The van der Waals surface area contributed by atoms with Gasteiger partial charge in [0, 0.05) is 32.8 Å². The van der Waals surface area contributed by atoms with E-state index >= 15 is 0 Å². The van der Waals surface area contributed by atoms with Crippen molar-refractivity contribution in [2.45, 2.75) is 392 Å². The minimum atomic E-state index is -1.25. The molecule has 0 bridgehead atoms. The molecule has 0 N–H and O–H groups in total. The summed E-state index contributed by atoms with van der Waals surface area (Å²) in [5, 5.41) is 0. The second kappa shape index (κ2) is 65.7. The van der Waals surface area contributed by atoms with E-state index in [0.717, 1.165) is 161 Å². The van der Waals surface area contributed by atoms with Crippen molar-refractivity contribution in [1.82, 2.24) is 0 Å². The van der Waals surface area contributed by atoms with Gasteiger partial charge in [-0.05, 0) is 141 Å². The lowest BCUT2D eigenvalue weighted by atomic mass is 9.97. The summed E-state index contributed by atoms with van der Waals surface area (Å²) in [6, 6.07) is 0. The number of carbonyl (C=O) groups is 4. The van der Waals surface area contributed by atoms with Gasteiger partial charge in [0.1, 0.15) is 12.7 Å². The Balaban J connectivity index is 3.06. The molecule has 0 amide bonds. The number of allylic oxidation sites excluding steroid dienone is 12. The van der Waals surface area contributed by atoms with E-state index in [1.54, 1.807) is 0 Å². The van der Waals surface area contributed by atoms with E-state index < -0.39 is 48.6 Å². The fourth-order valence-electron chi connectivity index (χ4n) is 11.3. The first kappa shape index (κ1) is 83.3. The zero-order valence-electron chi connectivity index (χ0n) is 58.4. The lowest BCUT2D eigenvalue weighted by Crippen LogP contribution is -2.63. The van der Waals surface area contributed by atoms with Gasteiger partial charge in [-0.2, -0.15) is 0 Å². The molecule has 0 aromatic carbocycles. The van der Waals surface area contributed by atoms with E-state index in [9.17, 15) is 19.2 Å². The molecule has 0 aliphatic carbocycles. The van der Waals surface area contributed by atoms with Crippen LogP contribution < -0.4 is 0 Å². The maximum atomic E-state index is 14.0. The first-order chi connectivity index (χ1) is 43.8. The molecule has 514 valence electrons. The number of methoxy groups -OCH3 is 1. The zero-order valence-corrected chi connectivity index (χ0v) is 58.4. The van der Waals surface area contributed by atoms with Gasteiger partial charge in [-0.1, -0.05) is 268 Å². The third-order valence-corrected chi connectivity index (χ3v) is 17.0. The van der Waals surface area contributed by atoms with E-state index in [0.29, 0.717) is 25.7 Å². The fraction of sp³-hybridized carbons (Fsp3) is 0.797. The second-order valence-electron chi connectivity index (χ2n) is 25.5. The number of hydrogen-bond acceptors (Lipinski definition) is 10. The van der Waals surface area contributed by atoms with Crippen LogP contribution in [-0.2, 0) is 47.6 Å². The van der Waals surface area contributed by atoms with E-state index in [1.807, 2.05) is 0 Å². The minimum absolute atomic E-state index is 0.155. The van der Waals surface area contributed by atoms with Crippen molar-refractivity contribution in [3.05, 3.63) is 72.9 Å². The number of carbonyl (C=O) groups excluding carboxylic acids is 4. The highest BCUT2D eigenvalue weighted by Crippen LogP contribution is 2.31. The van der Waals surface area contributed by atoms with Crippen LogP contribution in [0.5, 0.6) is 0 Å². The lowest BCUT2D eigenvalue weighted by Gasteiger charge is -2.44. The van der Waals surface area contributed by atoms with Crippen LogP contribution in [0.1, 0.15) is 362 Å². The van der Waals surface area contributed by atoms with E-state index in [-0.39, 0.29) is 38.3 Å². The Morgan fingerprint density at radius 3 is 0.865 bits per heavy atom. The Morgan fingerprint density at radius 1 is 0.292 bits per heavy atom. The molecular formula is C79H138O10. The highest BCUT2D eigenvalue weighted by Gasteiger charge is 2.53. The SMILES string of the molecule is CCCCCC=CCC=CCCCCCCCC(=O)OC[C@H]1OC(OC)[C@H](OC(=O)CCCCCCCC=CCCCCCCCC)[C@@H](OC(=O)CCCCCCCC=CCCCCCCCC)[C@@H]1OC(=O)CCCCCCCC=CCC=CCCCCC. The van der Waals surface area contributed by atoms with Crippen molar-refractivity contribution in [2.75, 3.05) is 13.7 Å². The molecule has 10 heteroatoms. The molecule has 5 atom stereocenters. The first-order valence-corrected chi connectivity index (χ1v) is 37.6. The molecule has 0 saturated carbocycles. The van der Waals surface area contributed by atoms with Crippen molar-refractivity contribution in [3.8, 4) is 0 Å². The van der Waals surface area contributed by atoms with E-state index in [2.05, 4.69) is 101 Å². The standard InChI is InChI=1S/C79H138O10/c1-6-10-14-18-22-26-30-34-38-42-46-50-54-58-62-66-72(80)85-70-71-76(87-73(81)67-63-59-55-51-47-43-39-35-31-27-23-19-15-11-7-2)77(88-74(82)68-64-60-56-52-48-44-40-36-32-28-24-20-16-12-8-3)78(79(84-5)86-71)89-75(83)69-65-61-57-53-49-45-41-37-33-29-25-21-17-13-9-4/h22-23,26-27,34-41,71,76-79H,6-21,24-25,28-33,42-70H2,1-5H3/t71-,76-,77+,78-,79?/m1/s1. The van der Waals surface area contributed by atoms with Gasteiger partial charge in [0.15, 0.2) is 24.6 Å². The van der Waals surface area contributed by atoms with Gasteiger partial charge in [0.2, 0.25) is 0 Å². The second-order valence-corrected chi connectivity index (χ2v) is 25.5. The van der Waals surface area contributed by atoms with E-state index in [1.165, 1.54) is 129 Å². The summed E-state index contributed by atoms with van der Waals surface area (Å²) in [6.07, 6.45) is 75.6. The predicted molar refractivity (Wildman–Crippen MR) is 374 cm³/mol. The van der Waals surface area contributed by atoms with Gasteiger partial charge < -0.3 is 28.4 Å². The van der Waals surface area contributed by atoms with Gasteiger partial charge in [-0.15, -0.1) is 0 Å². The molecule has 1 saturated heterocycles. The van der Waals surface area contributed by atoms with Crippen molar-refractivity contribution < 1.29 is 47.6 Å². The Hall–Kier alpha value is -3.76. The minimum Gasteiger partial charge on any atom is -0.463 e. The molecule has 1 aliphatic heterocycles. The summed E-state index contributed by atoms with van der Waals surface area (Å²) >= 11 is 0. The van der Waals surface area contributed by atoms with Crippen LogP contribution in [0, 0.1) is 0 Å². The average molecular weight is 1250 g/mol. The highest BCUT2D eigenvalue weighted by molar-refractivity contribution is 5.72. The van der Waals surface area contributed by atoms with Crippen LogP contribution in [0.25, 0.3) is 0 Å². The molecule has 10 nitrogen and oxygen atoms in total. The van der Waals surface area contributed by atoms with Crippen LogP contribution in [0.3, 0.4) is 0 Å². The normalized spacial score (nSPS) is 17.2.